The Hall–Kier alpha value is -1.56. The highest BCUT2D eigenvalue weighted by molar-refractivity contribution is 7.80. The van der Waals surface area contributed by atoms with Gasteiger partial charge in [-0.3, -0.25) is 4.90 Å². The first-order valence-corrected chi connectivity index (χ1v) is 9.42. The van der Waals surface area contributed by atoms with Gasteiger partial charge >= 0.3 is 0 Å². The van der Waals surface area contributed by atoms with Crippen LogP contribution in [0.5, 0.6) is 0 Å². The molecule has 0 bridgehead atoms. The fraction of sp³-hybridized carbons (Fsp3) is 0.421. The van der Waals surface area contributed by atoms with Crippen molar-refractivity contribution < 1.29 is 4.42 Å². The first-order chi connectivity index (χ1) is 12.0. The monoisotopic (exact) mass is 377 g/mol. The number of benzene rings is 1. The second kappa shape index (κ2) is 8.21. The van der Waals surface area contributed by atoms with Crippen molar-refractivity contribution >= 4 is 34.6 Å². The molecule has 1 fully saturated rings. The third-order valence-corrected chi connectivity index (χ3v) is 5.12. The molecule has 1 aliphatic rings. The zero-order valence-corrected chi connectivity index (χ0v) is 16.2. The molecule has 0 radical (unpaired) electrons. The second-order valence-electron chi connectivity index (χ2n) is 6.55. The molecule has 1 aromatic heterocycles. The Morgan fingerprint density at radius 1 is 1.32 bits per heavy atom. The van der Waals surface area contributed by atoms with Crippen molar-refractivity contribution in [3.8, 4) is 0 Å². The molecule has 3 rings (SSSR count). The molecule has 2 N–H and O–H groups in total. The van der Waals surface area contributed by atoms with Crippen molar-refractivity contribution in [1.29, 1.82) is 0 Å². The van der Waals surface area contributed by atoms with E-state index in [1.54, 1.807) is 6.26 Å². The molecule has 2 heterocycles. The molecule has 25 heavy (non-hydrogen) atoms. The van der Waals surface area contributed by atoms with Crippen molar-refractivity contribution in [2.75, 3.05) is 25.0 Å². The van der Waals surface area contributed by atoms with Gasteiger partial charge in [0.2, 0.25) is 0 Å². The van der Waals surface area contributed by atoms with Crippen LogP contribution in [0.1, 0.15) is 35.8 Å². The van der Waals surface area contributed by atoms with E-state index in [4.69, 9.17) is 28.2 Å². The molecule has 0 spiro atoms. The van der Waals surface area contributed by atoms with E-state index < -0.39 is 0 Å². The predicted octanol–water partition coefficient (Wildman–Crippen LogP) is 4.67. The summed E-state index contributed by atoms with van der Waals surface area (Å²) < 4.78 is 5.64. The number of halogens is 1. The smallest absolute Gasteiger partial charge is 0.170 e. The maximum Gasteiger partial charge on any atom is 0.170 e. The Balaban J connectivity index is 1.64. The summed E-state index contributed by atoms with van der Waals surface area (Å²) in [5, 5.41) is 7.82. The van der Waals surface area contributed by atoms with E-state index >= 15 is 0 Å². The molecular formula is C19H24ClN3OS. The molecule has 1 aromatic carbocycles. The van der Waals surface area contributed by atoms with Gasteiger partial charge in [-0.15, -0.1) is 0 Å². The van der Waals surface area contributed by atoms with Crippen LogP contribution in [-0.2, 0) is 0 Å². The molecule has 0 aliphatic carbocycles. The van der Waals surface area contributed by atoms with E-state index in [0.29, 0.717) is 16.7 Å². The SMILES string of the molecule is Cc1cc(C)c(NC(=S)NC[C@@H](c2ccco2)N2CCCC2)c(Cl)c1. The lowest BCUT2D eigenvalue weighted by Gasteiger charge is -2.26. The van der Waals surface area contributed by atoms with Crippen molar-refractivity contribution in [2.24, 2.45) is 0 Å². The number of nitrogens with zero attached hydrogens (tertiary/aromatic N) is 1. The standard InChI is InChI=1S/C19H24ClN3OS/c1-13-10-14(2)18(15(20)11-13)22-19(25)21-12-16(17-6-5-9-24-17)23-7-3-4-8-23/h5-6,9-11,16H,3-4,7-8,12H2,1-2H3,(H2,21,22,25)/t16-/m0/s1. The van der Waals surface area contributed by atoms with E-state index in [0.717, 1.165) is 35.7 Å². The summed E-state index contributed by atoms with van der Waals surface area (Å²) in [6.07, 6.45) is 4.19. The van der Waals surface area contributed by atoms with E-state index in [1.165, 1.54) is 12.8 Å². The van der Waals surface area contributed by atoms with Gasteiger partial charge in [-0.2, -0.15) is 0 Å². The molecule has 1 saturated heterocycles. The quantitative estimate of drug-likeness (QED) is 0.741. The first kappa shape index (κ1) is 18.2. The van der Waals surface area contributed by atoms with E-state index in [1.807, 2.05) is 32.0 Å². The van der Waals surface area contributed by atoms with Gasteiger partial charge in [0, 0.05) is 6.54 Å². The molecular weight excluding hydrogens is 354 g/mol. The number of thiocarbonyl (C=S) groups is 1. The Morgan fingerprint density at radius 3 is 2.72 bits per heavy atom. The summed E-state index contributed by atoms with van der Waals surface area (Å²) in [5.41, 5.74) is 3.08. The maximum atomic E-state index is 6.35. The summed E-state index contributed by atoms with van der Waals surface area (Å²) in [6, 6.07) is 8.18. The summed E-state index contributed by atoms with van der Waals surface area (Å²) >= 11 is 11.8. The van der Waals surface area contributed by atoms with Crippen LogP contribution in [0.15, 0.2) is 34.9 Å². The normalized spacial score (nSPS) is 16.0. The van der Waals surface area contributed by atoms with Crippen LogP contribution in [0.4, 0.5) is 5.69 Å². The fourth-order valence-electron chi connectivity index (χ4n) is 3.36. The van der Waals surface area contributed by atoms with E-state index in [9.17, 15) is 0 Å². The second-order valence-corrected chi connectivity index (χ2v) is 7.36. The molecule has 4 nitrogen and oxygen atoms in total. The minimum atomic E-state index is 0.187. The topological polar surface area (TPSA) is 40.4 Å². The first-order valence-electron chi connectivity index (χ1n) is 8.63. The van der Waals surface area contributed by atoms with Crippen molar-refractivity contribution in [2.45, 2.75) is 32.7 Å². The highest BCUT2D eigenvalue weighted by atomic mass is 35.5. The molecule has 0 saturated carbocycles. The van der Waals surface area contributed by atoms with Crippen LogP contribution in [0.25, 0.3) is 0 Å². The Morgan fingerprint density at radius 2 is 2.08 bits per heavy atom. The minimum absolute atomic E-state index is 0.187. The number of anilines is 1. The number of furan rings is 1. The van der Waals surface area contributed by atoms with E-state index in [-0.39, 0.29) is 6.04 Å². The zero-order valence-electron chi connectivity index (χ0n) is 14.6. The summed E-state index contributed by atoms with van der Waals surface area (Å²) in [6.45, 7) is 6.94. The van der Waals surface area contributed by atoms with E-state index in [2.05, 4.69) is 21.6 Å². The van der Waals surface area contributed by atoms with Gasteiger partial charge in [-0.25, -0.2) is 0 Å². The maximum absolute atomic E-state index is 6.35. The number of nitrogens with one attached hydrogen (secondary N) is 2. The Labute approximate surface area is 159 Å². The largest absolute Gasteiger partial charge is 0.468 e. The molecule has 134 valence electrons. The lowest BCUT2D eigenvalue weighted by Crippen LogP contribution is -2.38. The molecule has 0 amide bonds. The van der Waals surface area contributed by atoms with Crippen LogP contribution in [0.2, 0.25) is 5.02 Å². The third kappa shape index (κ3) is 4.54. The average Bonchev–Trinajstić information content (AvgIpc) is 3.25. The number of aryl methyl sites for hydroxylation is 2. The number of likely N-dealkylation sites (tertiary alicyclic amines) is 1. The van der Waals surface area contributed by atoms with Crippen LogP contribution < -0.4 is 10.6 Å². The van der Waals surface area contributed by atoms with Crippen molar-refractivity contribution in [1.82, 2.24) is 10.2 Å². The van der Waals surface area contributed by atoms with Crippen LogP contribution in [0.3, 0.4) is 0 Å². The zero-order chi connectivity index (χ0) is 17.8. The molecule has 0 unspecified atom stereocenters. The van der Waals surface area contributed by atoms with Gasteiger partial charge in [0.25, 0.3) is 0 Å². The van der Waals surface area contributed by atoms with Gasteiger partial charge in [0.15, 0.2) is 5.11 Å². The minimum Gasteiger partial charge on any atom is -0.468 e. The van der Waals surface area contributed by atoms with Crippen molar-refractivity contribution in [3.63, 3.8) is 0 Å². The highest BCUT2D eigenvalue weighted by Crippen LogP contribution is 2.28. The van der Waals surface area contributed by atoms with Crippen LogP contribution in [0, 0.1) is 13.8 Å². The Kier molecular flexibility index (Phi) is 5.99. The third-order valence-electron chi connectivity index (χ3n) is 4.58. The van der Waals surface area contributed by atoms with Gasteiger partial charge in [-0.1, -0.05) is 17.7 Å². The molecule has 2 aromatic rings. The van der Waals surface area contributed by atoms with Crippen LogP contribution in [-0.4, -0.2) is 29.6 Å². The molecule has 1 aliphatic heterocycles. The Bertz CT molecular complexity index is 703. The van der Waals surface area contributed by atoms with Crippen LogP contribution >= 0.6 is 23.8 Å². The summed E-state index contributed by atoms with van der Waals surface area (Å²) in [7, 11) is 0. The van der Waals surface area contributed by atoms with Gasteiger partial charge in [0.05, 0.1) is 23.0 Å². The lowest BCUT2D eigenvalue weighted by molar-refractivity contribution is 0.216. The van der Waals surface area contributed by atoms with Crippen molar-refractivity contribution in [3.05, 3.63) is 52.4 Å². The highest BCUT2D eigenvalue weighted by Gasteiger charge is 2.25. The fourth-order valence-corrected chi connectivity index (χ4v) is 3.92. The summed E-state index contributed by atoms with van der Waals surface area (Å²) in [5.74, 6) is 0.974. The number of hydrogen-bond acceptors (Lipinski definition) is 3. The average molecular weight is 378 g/mol. The van der Waals surface area contributed by atoms with Gasteiger partial charge in [0.1, 0.15) is 5.76 Å². The number of rotatable bonds is 5. The lowest BCUT2D eigenvalue weighted by atomic mass is 10.1. The summed E-state index contributed by atoms with van der Waals surface area (Å²) in [4.78, 5) is 2.44. The molecule has 6 heteroatoms. The van der Waals surface area contributed by atoms with Gasteiger partial charge < -0.3 is 15.1 Å². The molecule has 1 atom stereocenters. The number of hydrogen-bond donors (Lipinski definition) is 2. The van der Waals surface area contributed by atoms with Gasteiger partial charge in [-0.05, 0) is 81.3 Å². The predicted molar refractivity (Wildman–Crippen MR) is 107 cm³/mol.